The normalized spacial score (nSPS) is 12.8. The maximum atomic E-state index is 5.62. The first kappa shape index (κ1) is 13.5. The van der Waals surface area contributed by atoms with Crippen LogP contribution < -0.4 is 5.73 Å². The molecular formula is C14H21N5. The second kappa shape index (κ2) is 5.84. The molecule has 0 radical (unpaired) electrons. The predicted molar refractivity (Wildman–Crippen MR) is 77.8 cm³/mol. The second-order valence-electron chi connectivity index (χ2n) is 5.10. The van der Waals surface area contributed by atoms with Gasteiger partial charge in [0.15, 0.2) is 0 Å². The van der Waals surface area contributed by atoms with Crippen LogP contribution in [0.15, 0.2) is 30.9 Å². The number of hydrogen-bond acceptors (Lipinski definition) is 4. The number of anilines is 1. The number of aromatic nitrogens is 3. The first-order valence-electron chi connectivity index (χ1n) is 6.46. The molecular weight excluding hydrogens is 238 g/mol. The lowest BCUT2D eigenvalue weighted by molar-refractivity contribution is 0.359. The van der Waals surface area contributed by atoms with Gasteiger partial charge >= 0.3 is 0 Å². The van der Waals surface area contributed by atoms with Gasteiger partial charge in [0.1, 0.15) is 5.82 Å². The van der Waals surface area contributed by atoms with Crippen LogP contribution in [0.3, 0.4) is 0 Å². The van der Waals surface area contributed by atoms with E-state index < -0.39 is 0 Å². The highest BCUT2D eigenvalue weighted by Gasteiger charge is 2.11. The molecule has 5 heteroatoms. The lowest BCUT2D eigenvalue weighted by Crippen LogP contribution is -2.17. The Labute approximate surface area is 114 Å². The number of nitrogen functional groups attached to an aromatic ring is 1. The molecule has 2 heterocycles. The molecule has 0 aliphatic carbocycles. The van der Waals surface area contributed by atoms with Crippen LogP contribution in [-0.4, -0.2) is 40.1 Å². The Morgan fingerprint density at radius 2 is 2.11 bits per heavy atom. The summed E-state index contributed by atoms with van der Waals surface area (Å²) in [6.45, 7) is 3.26. The molecule has 0 amide bonds. The molecule has 0 spiro atoms. The first-order valence-corrected chi connectivity index (χ1v) is 6.46. The van der Waals surface area contributed by atoms with Crippen molar-refractivity contribution in [2.24, 2.45) is 0 Å². The van der Waals surface area contributed by atoms with E-state index in [9.17, 15) is 0 Å². The van der Waals surface area contributed by atoms with E-state index in [1.165, 1.54) is 0 Å². The van der Waals surface area contributed by atoms with Gasteiger partial charge in [-0.25, -0.2) is 9.97 Å². The fourth-order valence-corrected chi connectivity index (χ4v) is 2.02. The van der Waals surface area contributed by atoms with Gasteiger partial charge in [-0.2, -0.15) is 0 Å². The van der Waals surface area contributed by atoms with Crippen molar-refractivity contribution in [1.82, 2.24) is 19.4 Å². The number of pyridine rings is 1. The van der Waals surface area contributed by atoms with Crippen molar-refractivity contribution in [2.75, 3.05) is 26.4 Å². The molecule has 0 fully saturated rings. The van der Waals surface area contributed by atoms with Crippen LogP contribution in [0.25, 0.3) is 11.3 Å². The Morgan fingerprint density at radius 3 is 2.74 bits per heavy atom. The third-order valence-corrected chi connectivity index (χ3v) is 3.22. The van der Waals surface area contributed by atoms with Gasteiger partial charge in [0.2, 0.25) is 0 Å². The zero-order chi connectivity index (χ0) is 13.8. The minimum absolute atomic E-state index is 0.400. The molecule has 102 valence electrons. The Kier molecular flexibility index (Phi) is 4.16. The quantitative estimate of drug-likeness (QED) is 0.892. The van der Waals surface area contributed by atoms with Gasteiger partial charge in [-0.05, 0) is 46.1 Å². The summed E-state index contributed by atoms with van der Waals surface area (Å²) >= 11 is 0. The first-order chi connectivity index (χ1) is 9.08. The fraction of sp³-hybridized carbons (Fsp3) is 0.429. The average molecular weight is 259 g/mol. The highest BCUT2D eigenvalue weighted by molar-refractivity contribution is 5.59. The van der Waals surface area contributed by atoms with Crippen molar-refractivity contribution in [3.8, 4) is 11.3 Å². The van der Waals surface area contributed by atoms with E-state index in [1.54, 1.807) is 6.20 Å². The summed E-state index contributed by atoms with van der Waals surface area (Å²) in [6.07, 6.45) is 6.63. The van der Waals surface area contributed by atoms with E-state index in [0.29, 0.717) is 11.9 Å². The van der Waals surface area contributed by atoms with Crippen LogP contribution in [0.5, 0.6) is 0 Å². The van der Waals surface area contributed by atoms with E-state index in [2.05, 4.69) is 40.5 Å². The molecule has 2 aromatic heterocycles. The Morgan fingerprint density at radius 1 is 1.32 bits per heavy atom. The largest absolute Gasteiger partial charge is 0.384 e. The number of nitrogens with two attached hydrogens (primary N) is 1. The average Bonchev–Trinajstić information content (AvgIpc) is 2.86. The molecule has 19 heavy (non-hydrogen) atoms. The lowest BCUT2D eigenvalue weighted by atomic mass is 10.1. The van der Waals surface area contributed by atoms with Gasteiger partial charge in [-0.3, -0.25) is 0 Å². The van der Waals surface area contributed by atoms with Crippen LogP contribution in [-0.2, 0) is 0 Å². The summed E-state index contributed by atoms with van der Waals surface area (Å²) in [5.41, 5.74) is 7.75. The van der Waals surface area contributed by atoms with E-state index in [-0.39, 0.29) is 0 Å². The maximum absolute atomic E-state index is 5.62. The molecule has 1 atom stereocenters. The standard InChI is InChI=1S/C14H21N5/c1-11(6-7-18(2)3)19-10-16-9-13(19)12-4-5-14(15)17-8-12/h4-5,8-11H,6-7H2,1-3H3,(H2,15,17). The molecule has 2 rings (SSSR count). The zero-order valence-electron chi connectivity index (χ0n) is 11.7. The number of rotatable bonds is 5. The van der Waals surface area contributed by atoms with Gasteiger partial charge < -0.3 is 15.2 Å². The van der Waals surface area contributed by atoms with Gasteiger partial charge in [0, 0.05) is 17.8 Å². The Balaban J connectivity index is 2.19. The second-order valence-corrected chi connectivity index (χ2v) is 5.10. The molecule has 1 unspecified atom stereocenters. The minimum atomic E-state index is 0.400. The lowest BCUT2D eigenvalue weighted by Gasteiger charge is -2.18. The molecule has 2 aromatic rings. The highest BCUT2D eigenvalue weighted by atomic mass is 15.1. The smallest absolute Gasteiger partial charge is 0.123 e. The summed E-state index contributed by atoms with van der Waals surface area (Å²) < 4.78 is 2.19. The molecule has 0 bridgehead atoms. The molecule has 0 saturated heterocycles. The number of hydrogen-bond donors (Lipinski definition) is 1. The van der Waals surface area contributed by atoms with Crippen LogP contribution in [0.1, 0.15) is 19.4 Å². The SMILES string of the molecule is CC(CCN(C)C)n1cncc1-c1ccc(N)nc1. The van der Waals surface area contributed by atoms with E-state index in [4.69, 9.17) is 5.73 Å². The maximum Gasteiger partial charge on any atom is 0.123 e. The molecule has 2 N–H and O–H groups in total. The van der Waals surface area contributed by atoms with Crippen molar-refractivity contribution < 1.29 is 0 Å². The third-order valence-electron chi connectivity index (χ3n) is 3.22. The summed E-state index contributed by atoms with van der Waals surface area (Å²) in [6, 6.07) is 4.20. The van der Waals surface area contributed by atoms with Gasteiger partial charge in [-0.1, -0.05) is 0 Å². The molecule has 5 nitrogen and oxygen atoms in total. The van der Waals surface area contributed by atoms with Gasteiger partial charge in [-0.15, -0.1) is 0 Å². The van der Waals surface area contributed by atoms with Crippen molar-refractivity contribution in [3.05, 3.63) is 30.9 Å². The topological polar surface area (TPSA) is 60.0 Å². The van der Waals surface area contributed by atoms with Crippen LogP contribution in [0.4, 0.5) is 5.82 Å². The van der Waals surface area contributed by atoms with E-state index >= 15 is 0 Å². The van der Waals surface area contributed by atoms with Crippen LogP contribution in [0.2, 0.25) is 0 Å². The van der Waals surface area contributed by atoms with E-state index in [0.717, 1.165) is 24.2 Å². The van der Waals surface area contributed by atoms with Crippen molar-refractivity contribution in [3.63, 3.8) is 0 Å². The zero-order valence-corrected chi connectivity index (χ0v) is 11.7. The van der Waals surface area contributed by atoms with E-state index in [1.807, 2.05) is 24.7 Å². The van der Waals surface area contributed by atoms with Crippen LogP contribution in [0, 0.1) is 0 Å². The summed E-state index contributed by atoms with van der Waals surface area (Å²) in [4.78, 5) is 10.6. The van der Waals surface area contributed by atoms with Gasteiger partial charge in [0.05, 0.1) is 18.2 Å². The fourth-order valence-electron chi connectivity index (χ4n) is 2.02. The Bertz CT molecular complexity index is 515. The number of nitrogens with zero attached hydrogens (tertiary/aromatic N) is 4. The number of imidazole rings is 1. The van der Waals surface area contributed by atoms with Crippen molar-refractivity contribution >= 4 is 5.82 Å². The molecule has 0 aliphatic rings. The monoisotopic (exact) mass is 259 g/mol. The molecule has 0 aliphatic heterocycles. The third kappa shape index (κ3) is 3.32. The molecule has 0 saturated carbocycles. The van der Waals surface area contributed by atoms with Crippen molar-refractivity contribution in [2.45, 2.75) is 19.4 Å². The Hall–Kier alpha value is -1.88. The summed E-state index contributed by atoms with van der Waals surface area (Å²) in [5.74, 6) is 0.537. The van der Waals surface area contributed by atoms with Crippen LogP contribution >= 0.6 is 0 Å². The van der Waals surface area contributed by atoms with Gasteiger partial charge in [0.25, 0.3) is 0 Å². The highest BCUT2D eigenvalue weighted by Crippen LogP contribution is 2.23. The minimum Gasteiger partial charge on any atom is -0.384 e. The predicted octanol–water partition coefficient (Wildman–Crippen LogP) is 2.04. The summed E-state index contributed by atoms with van der Waals surface area (Å²) in [7, 11) is 4.18. The molecule has 0 aromatic carbocycles. The van der Waals surface area contributed by atoms with Crippen molar-refractivity contribution in [1.29, 1.82) is 0 Å². The summed E-state index contributed by atoms with van der Waals surface area (Å²) in [5, 5.41) is 0.